The number of unbranched alkanes of at least 4 members (excludes halogenated alkanes) is 2. The van der Waals surface area contributed by atoms with E-state index in [1.54, 1.807) is 0 Å². The molecule has 0 amide bonds. The molecule has 0 aliphatic rings. The zero-order valence-corrected chi connectivity index (χ0v) is 5.53. The van der Waals surface area contributed by atoms with E-state index in [1.807, 2.05) is 6.08 Å². The first kappa shape index (κ1) is 7.99. The summed E-state index contributed by atoms with van der Waals surface area (Å²) in [5, 5.41) is 9.84. The van der Waals surface area contributed by atoms with Gasteiger partial charge in [-0.25, -0.2) is 5.11 Å². The summed E-state index contributed by atoms with van der Waals surface area (Å²) in [4.78, 5) is 0. The average molecular weight is 134 g/mol. The van der Waals surface area contributed by atoms with Gasteiger partial charge in [-0.3, -0.25) is 0 Å². The molecule has 0 N–H and O–H groups in total. The molecule has 2 heteroatoms. The molecule has 0 aromatic rings. The molecule has 0 saturated heterocycles. The Hall–Kier alpha value is -0.0100. The van der Waals surface area contributed by atoms with Gasteiger partial charge in [-0.15, -0.1) is 0 Å². The van der Waals surface area contributed by atoms with Gasteiger partial charge in [-0.05, 0) is 19.3 Å². The lowest BCUT2D eigenvalue weighted by molar-refractivity contribution is 0.187. The maximum Gasteiger partial charge on any atom is 0.0822 e. The normalized spacial score (nSPS) is 10.8. The molecule has 1 radical (unpaired) electrons. The standard InChI is InChI=1S/C6H10ClO/c7-5-3-1-2-4-6-8/h3,5H,1-2,4,6H2/b5-3+. The van der Waals surface area contributed by atoms with Crippen LogP contribution in [-0.2, 0) is 5.11 Å². The van der Waals surface area contributed by atoms with Gasteiger partial charge in [0.25, 0.3) is 0 Å². The molecule has 0 aromatic carbocycles. The first-order chi connectivity index (χ1) is 3.91. The molecular formula is C6H10ClO. The predicted octanol–water partition coefficient (Wildman–Crippen LogP) is 2.34. The van der Waals surface area contributed by atoms with Crippen molar-refractivity contribution in [3.8, 4) is 0 Å². The smallest absolute Gasteiger partial charge is 0.0822 e. The van der Waals surface area contributed by atoms with E-state index in [2.05, 4.69) is 0 Å². The van der Waals surface area contributed by atoms with Crippen molar-refractivity contribution in [2.24, 2.45) is 0 Å². The van der Waals surface area contributed by atoms with Crippen LogP contribution < -0.4 is 0 Å². The summed E-state index contributed by atoms with van der Waals surface area (Å²) in [6, 6.07) is 0. The molecule has 0 aliphatic heterocycles. The van der Waals surface area contributed by atoms with Crippen LogP contribution in [0.1, 0.15) is 19.3 Å². The summed E-state index contributed by atoms with van der Waals surface area (Å²) in [6.07, 6.45) is 4.52. The van der Waals surface area contributed by atoms with Crippen molar-refractivity contribution in [1.82, 2.24) is 0 Å². The molecule has 0 spiro atoms. The Morgan fingerprint density at radius 3 is 2.62 bits per heavy atom. The van der Waals surface area contributed by atoms with Gasteiger partial charge in [0.1, 0.15) is 0 Å². The minimum atomic E-state index is 0.0378. The molecule has 1 nitrogen and oxygen atoms in total. The number of rotatable bonds is 4. The highest BCUT2D eigenvalue weighted by Crippen LogP contribution is 1.95. The maximum atomic E-state index is 9.84. The molecular weight excluding hydrogens is 124 g/mol. The topological polar surface area (TPSA) is 19.9 Å². The molecule has 8 heavy (non-hydrogen) atoms. The van der Waals surface area contributed by atoms with Gasteiger partial charge in [0.2, 0.25) is 0 Å². The lowest BCUT2D eigenvalue weighted by Gasteiger charge is -1.86. The highest BCUT2D eigenvalue weighted by atomic mass is 35.5. The molecule has 47 valence electrons. The van der Waals surface area contributed by atoms with Crippen LogP contribution in [0.2, 0.25) is 0 Å². The highest BCUT2D eigenvalue weighted by molar-refractivity contribution is 6.25. The summed E-state index contributed by atoms with van der Waals surface area (Å²) in [6.45, 7) is 0.0378. The van der Waals surface area contributed by atoms with Crippen LogP contribution in [0.3, 0.4) is 0 Å². The summed E-state index contributed by atoms with van der Waals surface area (Å²) in [5.41, 5.74) is 1.49. The van der Waals surface area contributed by atoms with Crippen molar-refractivity contribution in [3.63, 3.8) is 0 Å². The van der Waals surface area contributed by atoms with E-state index >= 15 is 0 Å². The van der Waals surface area contributed by atoms with Crippen molar-refractivity contribution >= 4 is 11.6 Å². The second-order valence-corrected chi connectivity index (χ2v) is 1.81. The monoisotopic (exact) mass is 133 g/mol. The van der Waals surface area contributed by atoms with Gasteiger partial charge >= 0.3 is 0 Å². The Balaban J connectivity index is 2.72. The van der Waals surface area contributed by atoms with E-state index in [4.69, 9.17) is 11.6 Å². The molecule has 0 bridgehead atoms. The molecule has 0 aliphatic carbocycles. The summed E-state index contributed by atoms with van der Waals surface area (Å²) >= 11 is 5.22. The summed E-state index contributed by atoms with van der Waals surface area (Å²) in [7, 11) is 0. The molecule has 0 saturated carbocycles. The quantitative estimate of drug-likeness (QED) is 0.525. The van der Waals surface area contributed by atoms with Crippen LogP contribution in [-0.4, -0.2) is 6.61 Å². The van der Waals surface area contributed by atoms with Gasteiger partial charge in [0, 0.05) is 5.54 Å². The first-order valence-corrected chi connectivity index (χ1v) is 3.18. The van der Waals surface area contributed by atoms with Gasteiger partial charge in [-0.1, -0.05) is 17.7 Å². The third kappa shape index (κ3) is 5.99. The molecule has 0 atom stereocenters. The summed E-state index contributed by atoms with van der Waals surface area (Å²) in [5.74, 6) is 0. The van der Waals surface area contributed by atoms with Crippen LogP contribution in [0.4, 0.5) is 0 Å². The van der Waals surface area contributed by atoms with Crippen molar-refractivity contribution in [2.45, 2.75) is 19.3 Å². The van der Waals surface area contributed by atoms with E-state index < -0.39 is 0 Å². The van der Waals surface area contributed by atoms with Crippen molar-refractivity contribution in [3.05, 3.63) is 11.6 Å². The Morgan fingerprint density at radius 2 is 2.12 bits per heavy atom. The summed E-state index contributed by atoms with van der Waals surface area (Å²) < 4.78 is 0. The highest BCUT2D eigenvalue weighted by Gasteiger charge is 1.81. The van der Waals surface area contributed by atoms with E-state index in [0.717, 1.165) is 19.3 Å². The third-order valence-electron chi connectivity index (χ3n) is 0.854. The second-order valence-electron chi connectivity index (χ2n) is 1.56. The van der Waals surface area contributed by atoms with Crippen LogP contribution in [0.5, 0.6) is 0 Å². The Kier molecular flexibility index (Phi) is 6.98. The average Bonchev–Trinajstić information content (AvgIpc) is 1.81. The zero-order valence-electron chi connectivity index (χ0n) is 4.77. The van der Waals surface area contributed by atoms with Gasteiger partial charge < -0.3 is 0 Å². The number of hydrogen-bond donors (Lipinski definition) is 0. The largest absolute Gasteiger partial charge is 0.237 e. The number of allylic oxidation sites excluding steroid dienone is 1. The molecule has 0 unspecified atom stereocenters. The molecule has 0 heterocycles. The Bertz CT molecular complexity index is 61.5. The first-order valence-electron chi connectivity index (χ1n) is 2.75. The number of hydrogen-bond acceptors (Lipinski definition) is 0. The maximum absolute atomic E-state index is 9.84. The van der Waals surface area contributed by atoms with Crippen molar-refractivity contribution < 1.29 is 5.11 Å². The lowest BCUT2D eigenvalue weighted by Crippen LogP contribution is -1.77. The fourth-order valence-electron chi connectivity index (χ4n) is 0.427. The minimum absolute atomic E-state index is 0.0378. The van der Waals surface area contributed by atoms with Gasteiger partial charge in [0.15, 0.2) is 0 Å². The molecule has 0 rings (SSSR count). The van der Waals surface area contributed by atoms with E-state index in [9.17, 15) is 5.11 Å². The van der Waals surface area contributed by atoms with Crippen molar-refractivity contribution in [2.75, 3.05) is 6.61 Å². The van der Waals surface area contributed by atoms with Crippen molar-refractivity contribution in [1.29, 1.82) is 0 Å². The molecule has 0 fully saturated rings. The lowest BCUT2D eigenvalue weighted by atomic mass is 10.2. The van der Waals surface area contributed by atoms with Crippen LogP contribution >= 0.6 is 11.6 Å². The van der Waals surface area contributed by atoms with E-state index in [0.29, 0.717) is 0 Å². The van der Waals surface area contributed by atoms with Crippen LogP contribution in [0.15, 0.2) is 11.6 Å². The SMILES string of the molecule is [O]CCCC/C=C/Cl. The Morgan fingerprint density at radius 1 is 1.38 bits per heavy atom. The second kappa shape index (κ2) is 6.99. The van der Waals surface area contributed by atoms with Gasteiger partial charge in [0.05, 0.1) is 6.61 Å². The minimum Gasteiger partial charge on any atom is -0.237 e. The number of halogens is 1. The Labute approximate surface area is 55.0 Å². The fourth-order valence-corrected chi connectivity index (χ4v) is 0.553. The molecule has 0 aromatic heterocycles. The van der Waals surface area contributed by atoms with E-state index in [1.165, 1.54) is 5.54 Å². The van der Waals surface area contributed by atoms with Gasteiger partial charge in [-0.2, -0.15) is 0 Å². The third-order valence-corrected chi connectivity index (χ3v) is 1.03. The van der Waals surface area contributed by atoms with Crippen LogP contribution in [0.25, 0.3) is 0 Å². The fraction of sp³-hybridized carbons (Fsp3) is 0.667. The van der Waals surface area contributed by atoms with E-state index in [-0.39, 0.29) is 6.61 Å². The van der Waals surface area contributed by atoms with Crippen LogP contribution in [0, 0.1) is 0 Å². The zero-order chi connectivity index (χ0) is 6.24. The predicted molar refractivity (Wildman–Crippen MR) is 34.4 cm³/mol.